The Hall–Kier alpha value is -0.140. The van der Waals surface area contributed by atoms with Crippen LogP contribution in [0.1, 0.15) is 12.8 Å². The average molecular weight is 118 g/mol. The van der Waals surface area contributed by atoms with Gasteiger partial charge >= 0.3 is 0 Å². The van der Waals surface area contributed by atoms with E-state index in [9.17, 15) is 8.78 Å². The molecule has 0 spiro atoms. The summed E-state index contributed by atoms with van der Waals surface area (Å²) >= 11 is 0. The fraction of sp³-hybridized carbons (Fsp3) is 1.00. The molecule has 2 heteroatoms. The van der Waals surface area contributed by atoms with E-state index in [0.29, 0.717) is 0 Å². The van der Waals surface area contributed by atoms with Crippen LogP contribution in [0.3, 0.4) is 0 Å². The molecule has 2 saturated carbocycles. The second-order valence-corrected chi connectivity index (χ2v) is 2.79. The molecule has 0 saturated heterocycles. The Balaban J connectivity index is 2.03. The number of fused-ring (bicyclic) bond motifs is 1. The van der Waals surface area contributed by atoms with Gasteiger partial charge in [-0.15, -0.1) is 0 Å². The molecule has 2 aliphatic rings. The molecule has 0 amide bonds. The molecule has 2 aliphatic carbocycles. The normalized spacial score (nSPS) is 60.8. The molecular weight excluding hydrogens is 110 g/mol. The van der Waals surface area contributed by atoms with E-state index >= 15 is 0 Å². The Kier molecular flexibility index (Phi) is 0.722. The highest BCUT2D eigenvalue weighted by Gasteiger charge is 2.56. The Morgan fingerprint density at radius 3 is 1.38 bits per heavy atom. The van der Waals surface area contributed by atoms with E-state index in [1.165, 1.54) is 0 Å². The second kappa shape index (κ2) is 1.23. The van der Waals surface area contributed by atoms with Crippen LogP contribution in [0.5, 0.6) is 0 Å². The molecule has 8 heavy (non-hydrogen) atoms. The minimum Gasteiger partial charge on any atom is -0.244 e. The third-order valence-corrected chi connectivity index (χ3v) is 2.51. The van der Waals surface area contributed by atoms with E-state index < -0.39 is 12.3 Å². The van der Waals surface area contributed by atoms with Gasteiger partial charge in [0.2, 0.25) is 0 Å². The average Bonchev–Trinajstić information content (AvgIpc) is 1.64. The van der Waals surface area contributed by atoms with E-state index in [0.717, 1.165) is 12.8 Å². The Morgan fingerprint density at radius 1 is 0.875 bits per heavy atom. The lowest BCUT2D eigenvalue weighted by Gasteiger charge is -2.51. The predicted octanol–water partition coefficient (Wildman–Crippen LogP) is 1.70. The first-order valence-corrected chi connectivity index (χ1v) is 3.09. The molecule has 46 valence electrons. The lowest BCUT2D eigenvalue weighted by molar-refractivity contribution is -0.128. The zero-order valence-corrected chi connectivity index (χ0v) is 4.48. The van der Waals surface area contributed by atoms with Gasteiger partial charge in [-0.2, -0.15) is 0 Å². The lowest BCUT2D eigenvalue weighted by atomic mass is 9.57. The van der Waals surface area contributed by atoms with Gasteiger partial charge in [0.1, 0.15) is 12.3 Å². The molecule has 0 heterocycles. The molecule has 0 bridgehead atoms. The summed E-state index contributed by atoms with van der Waals surface area (Å²) in [5.74, 6) is 0.231. The summed E-state index contributed by atoms with van der Waals surface area (Å²) in [6.07, 6.45) is -0.360. The summed E-state index contributed by atoms with van der Waals surface area (Å²) in [7, 11) is 0. The van der Waals surface area contributed by atoms with Crippen LogP contribution < -0.4 is 0 Å². The largest absolute Gasteiger partial charge is 0.244 e. The summed E-state index contributed by atoms with van der Waals surface area (Å²) in [6, 6.07) is 0. The minimum atomic E-state index is -1.10. The van der Waals surface area contributed by atoms with Crippen molar-refractivity contribution in [1.29, 1.82) is 0 Å². The fourth-order valence-electron chi connectivity index (χ4n) is 1.67. The van der Waals surface area contributed by atoms with Crippen molar-refractivity contribution < 1.29 is 8.78 Å². The van der Waals surface area contributed by atoms with Gasteiger partial charge in [0.05, 0.1) is 0 Å². The summed E-state index contributed by atoms with van der Waals surface area (Å²) in [6.45, 7) is 0. The topological polar surface area (TPSA) is 0 Å². The van der Waals surface area contributed by atoms with Gasteiger partial charge in [0, 0.05) is 0 Å². The van der Waals surface area contributed by atoms with Crippen molar-refractivity contribution in [3.05, 3.63) is 0 Å². The molecule has 0 aromatic rings. The highest BCUT2D eigenvalue weighted by molar-refractivity contribution is 5.04. The zero-order valence-electron chi connectivity index (χ0n) is 4.48. The maximum Gasteiger partial charge on any atom is 0.135 e. The smallest absolute Gasteiger partial charge is 0.135 e. The third-order valence-electron chi connectivity index (χ3n) is 2.51. The predicted molar refractivity (Wildman–Crippen MR) is 26.0 cm³/mol. The first kappa shape index (κ1) is 4.71. The van der Waals surface area contributed by atoms with Crippen molar-refractivity contribution in [2.45, 2.75) is 25.2 Å². The van der Waals surface area contributed by atoms with Gasteiger partial charge in [-0.3, -0.25) is 0 Å². The van der Waals surface area contributed by atoms with Crippen molar-refractivity contribution in [3.8, 4) is 0 Å². The van der Waals surface area contributed by atoms with E-state index in [1.807, 2.05) is 0 Å². The van der Waals surface area contributed by atoms with Crippen molar-refractivity contribution in [3.63, 3.8) is 0 Å². The van der Waals surface area contributed by atoms with Gasteiger partial charge in [0.25, 0.3) is 0 Å². The van der Waals surface area contributed by atoms with Crippen LogP contribution in [0.15, 0.2) is 0 Å². The molecule has 0 radical (unpaired) electrons. The monoisotopic (exact) mass is 118 g/mol. The maximum absolute atomic E-state index is 12.2. The number of alkyl halides is 2. The van der Waals surface area contributed by atoms with Crippen molar-refractivity contribution >= 4 is 0 Å². The van der Waals surface area contributed by atoms with Gasteiger partial charge < -0.3 is 0 Å². The maximum atomic E-state index is 12.2. The van der Waals surface area contributed by atoms with Crippen LogP contribution in [0.4, 0.5) is 8.78 Å². The lowest BCUT2D eigenvalue weighted by Crippen LogP contribution is -2.56. The zero-order chi connectivity index (χ0) is 5.72. The van der Waals surface area contributed by atoms with Crippen LogP contribution in [0.2, 0.25) is 0 Å². The standard InChI is InChI=1S/C6H8F2/c7-5-3-1-2-4(3)6(5)8/h3-6H,1-2H2. The van der Waals surface area contributed by atoms with E-state index in [-0.39, 0.29) is 11.8 Å². The molecule has 4 atom stereocenters. The van der Waals surface area contributed by atoms with Gasteiger partial charge in [-0.25, -0.2) is 8.78 Å². The quantitative estimate of drug-likeness (QED) is 0.454. The van der Waals surface area contributed by atoms with Crippen LogP contribution in [-0.2, 0) is 0 Å². The number of hydrogen-bond acceptors (Lipinski definition) is 0. The van der Waals surface area contributed by atoms with Crippen molar-refractivity contribution in [1.82, 2.24) is 0 Å². The highest BCUT2D eigenvalue weighted by atomic mass is 19.2. The van der Waals surface area contributed by atoms with Crippen LogP contribution in [0, 0.1) is 11.8 Å². The van der Waals surface area contributed by atoms with Gasteiger partial charge in [-0.05, 0) is 24.7 Å². The Labute approximate surface area is 46.9 Å². The van der Waals surface area contributed by atoms with Crippen LogP contribution in [0.25, 0.3) is 0 Å². The summed E-state index contributed by atoms with van der Waals surface area (Å²) in [5.41, 5.74) is 0. The fourth-order valence-corrected chi connectivity index (χ4v) is 1.67. The Bertz CT molecular complexity index is 87.1. The molecule has 2 fully saturated rings. The van der Waals surface area contributed by atoms with Crippen LogP contribution in [-0.4, -0.2) is 12.3 Å². The Morgan fingerprint density at radius 2 is 1.25 bits per heavy atom. The summed E-state index contributed by atoms with van der Waals surface area (Å²) in [5, 5.41) is 0. The van der Waals surface area contributed by atoms with Gasteiger partial charge in [0.15, 0.2) is 0 Å². The number of halogens is 2. The SMILES string of the molecule is FC1C(F)C2CCC12. The van der Waals surface area contributed by atoms with Gasteiger partial charge in [-0.1, -0.05) is 0 Å². The van der Waals surface area contributed by atoms with E-state index in [1.54, 1.807) is 0 Å². The van der Waals surface area contributed by atoms with Crippen molar-refractivity contribution in [2.75, 3.05) is 0 Å². The first-order valence-electron chi connectivity index (χ1n) is 3.09. The molecule has 0 nitrogen and oxygen atoms in total. The highest BCUT2D eigenvalue weighted by Crippen LogP contribution is 2.53. The second-order valence-electron chi connectivity index (χ2n) is 2.79. The molecule has 0 N–H and O–H groups in total. The number of rotatable bonds is 0. The summed E-state index contributed by atoms with van der Waals surface area (Å²) < 4.78 is 24.5. The van der Waals surface area contributed by atoms with E-state index in [4.69, 9.17) is 0 Å². The third kappa shape index (κ3) is 0.318. The minimum absolute atomic E-state index is 0.116. The molecule has 2 rings (SSSR count). The van der Waals surface area contributed by atoms with Crippen LogP contribution >= 0.6 is 0 Å². The first-order chi connectivity index (χ1) is 3.80. The molecule has 0 aliphatic heterocycles. The molecule has 0 aromatic carbocycles. The number of hydrogen-bond donors (Lipinski definition) is 0. The molecular formula is C6H8F2. The molecule has 0 aromatic heterocycles. The summed E-state index contributed by atoms with van der Waals surface area (Å²) in [4.78, 5) is 0. The van der Waals surface area contributed by atoms with Crippen molar-refractivity contribution in [2.24, 2.45) is 11.8 Å². The molecule has 4 unspecified atom stereocenters. The van der Waals surface area contributed by atoms with E-state index in [2.05, 4.69) is 0 Å².